The Morgan fingerprint density at radius 1 is 1.25 bits per heavy atom. The van der Waals surface area contributed by atoms with Crippen LogP contribution in [0.5, 0.6) is 0 Å². The van der Waals surface area contributed by atoms with Crippen molar-refractivity contribution in [3.8, 4) is 0 Å². The van der Waals surface area contributed by atoms with E-state index in [4.69, 9.17) is 0 Å². The van der Waals surface area contributed by atoms with Crippen molar-refractivity contribution in [2.24, 2.45) is 5.92 Å². The third-order valence-electron chi connectivity index (χ3n) is 2.87. The normalized spacial score (nSPS) is 13.7. The Kier molecular flexibility index (Phi) is 6.10. The van der Waals surface area contributed by atoms with Gasteiger partial charge in [0, 0.05) is 12.6 Å². The molecule has 114 valence electrons. The van der Waals surface area contributed by atoms with Crippen molar-refractivity contribution in [2.45, 2.75) is 44.7 Å². The highest BCUT2D eigenvalue weighted by Crippen LogP contribution is 2.18. The molecule has 4 nitrogen and oxygen atoms in total. The average Bonchev–Trinajstić information content (AvgIpc) is 2.29. The third kappa shape index (κ3) is 4.85. The zero-order valence-corrected chi connectivity index (χ0v) is 13.2. The molecular formula is C14H23FN2O2S. The zero-order valence-electron chi connectivity index (χ0n) is 12.4. The van der Waals surface area contributed by atoms with Gasteiger partial charge in [-0.1, -0.05) is 19.9 Å². The summed E-state index contributed by atoms with van der Waals surface area (Å²) in [4.78, 5) is 0.00227. The van der Waals surface area contributed by atoms with Gasteiger partial charge in [-0.25, -0.2) is 17.5 Å². The molecule has 0 amide bonds. The van der Waals surface area contributed by atoms with Gasteiger partial charge in [0.05, 0.1) is 4.90 Å². The van der Waals surface area contributed by atoms with E-state index in [0.717, 1.165) is 12.5 Å². The predicted molar refractivity (Wildman–Crippen MR) is 78.4 cm³/mol. The Balaban J connectivity index is 3.05. The topological polar surface area (TPSA) is 58.2 Å². The summed E-state index contributed by atoms with van der Waals surface area (Å²) >= 11 is 0. The fourth-order valence-corrected chi connectivity index (χ4v) is 3.70. The minimum absolute atomic E-state index is 0.00227. The Morgan fingerprint density at radius 2 is 1.90 bits per heavy atom. The molecule has 0 heterocycles. The minimum Gasteiger partial charge on any atom is -0.316 e. The summed E-state index contributed by atoms with van der Waals surface area (Å²) in [5, 5.41) is 2.89. The van der Waals surface area contributed by atoms with E-state index >= 15 is 0 Å². The molecule has 0 saturated carbocycles. The summed E-state index contributed by atoms with van der Waals surface area (Å²) in [5.41, 5.74) is 0.554. The van der Waals surface area contributed by atoms with Crippen LogP contribution in [0.1, 0.15) is 32.8 Å². The van der Waals surface area contributed by atoms with E-state index in [-0.39, 0.29) is 10.9 Å². The smallest absolute Gasteiger partial charge is 0.241 e. The molecule has 0 saturated heterocycles. The largest absolute Gasteiger partial charge is 0.316 e. The number of sulfonamides is 1. The van der Waals surface area contributed by atoms with E-state index in [1.165, 1.54) is 12.1 Å². The van der Waals surface area contributed by atoms with Gasteiger partial charge in [-0.2, -0.15) is 0 Å². The van der Waals surface area contributed by atoms with Gasteiger partial charge < -0.3 is 5.32 Å². The molecule has 1 atom stereocenters. The minimum atomic E-state index is -3.71. The van der Waals surface area contributed by atoms with E-state index in [2.05, 4.69) is 10.0 Å². The molecule has 0 bridgehead atoms. The summed E-state index contributed by atoms with van der Waals surface area (Å²) in [6.45, 7) is 6.24. The van der Waals surface area contributed by atoms with Crippen LogP contribution in [0.25, 0.3) is 0 Å². The van der Waals surface area contributed by atoms with Crippen molar-refractivity contribution in [3.05, 3.63) is 29.6 Å². The number of hydrogen-bond donors (Lipinski definition) is 2. The van der Waals surface area contributed by atoms with Crippen LogP contribution >= 0.6 is 0 Å². The number of hydrogen-bond acceptors (Lipinski definition) is 3. The highest BCUT2D eigenvalue weighted by atomic mass is 32.2. The fraction of sp³-hybridized carbons (Fsp3) is 0.571. The van der Waals surface area contributed by atoms with Crippen LogP contribution in [0.3, 0.4) is 0 Å². The second-order valence-electron chi connectivity index (χ2n) is 5.43. The molecule has 0 radical (unpaired) electrons. The third-order valence-corrected chi connectivity index (χ3v) is 4.54. The lowest BCUT2D eigenvalue weighted by Crippen LogP contribution is -2.34. The highest BCUT2D eigenvalue weighted by molar-refractivity contribution is 7.89. The van der Waals surface area contributed by atoms with Crippen LogP contribution in [0.2, 0.25) is 0 Å². The summed E-state index contributed by atoms with van der Waals surface area (Å²) < 4.78 is 40.7. The molecule has 0 spiro atoms. The average molecular weight is 302 g/mol. The maximum atomic E-state index is 13.4. The van der Waals surface area contributed by atoms with Crippen LogP contribution in [-0.4, -0.2) is 21.5 Å². The number of benzene rings is 1. The maximum Gasteiger partial charge on any atom is 0.241 e. The summed E-state index contributed by atoms with van der Waals surface area (Å²) in [6, 6.07) is 3.64. The lowest BCUT2D eigenvalue weighted by atomic mass is 10.1. The van der Waals surface area contributed by atoms with Gasteiger partial charge in [0.2, 0.25) is 10.0 Å². The molecule has 0 aliphatic carbocycles. The molecule has 2 N–H and O–H groups in total. The fourth-order valence-electron chi connectivity index (χ4n) is 2.20. The van der Waals surface area contributed by atoms with Crippen molar-refractivity contribution >= 4 is 10.0 Å². The quantitative estimate of drug-likeness (QED) is 0.812. The first-order valence-electron chi connectivity index (χ1n) is 6.71. The first-order valence-corrected chi connectivity index (χ1v) is 8.20. The van der Waals surface area contributed by atoms with E-state index in [9.17, 15) is 12.8 Å². The maximum absolute atomic E-state index is 13.4. The summed E-state index contributed by atoms with van der Waals surface area (Å²) in [5.74, 6) is -0.168. The molecule has 1 rings (SSSR count). The van der Waals surface area contributed by atoms with Crippen molar-refractivity contribution in [1.29, 1.82) is 0 Å². The molecule has 0 aliphatic rings. The van der Waals surface area contributed by atoms with E-state index in [0.29, 0.717) is 18.0 Å². The summed E-state index contributed by atoms with van der Waals surface area (Å²) in [6.07, 6.45) is 0.732. The van der Waals surface area contributed by atoms with Gasteiger partial charge in [0.25, 0.3) is 0 Å². The van der Waals surface area contributed by atoms with Crippen molar-refractivity contribution < 1.29 is 12.8 Å². The molecule has 1 aromatic rings. The van der Waals surface area contributed by atoms with Crippen molar-refractivity contribution in [1.82, 2.24) is 10.0 Å². The molecule has 20 heavy (non-hydrogen) atoms. The van der Waals surface area contributed by atoms with Crippen molar-refractivity contribution in [3.63, 3.8) is 0 Å². The van der Waals surface area contributed by atoms with Crippen LogP contribution < -0.4 is 10.0 Å². The predicted octanol–water partition coefficient (Wildman–Crippen LogP) is 2.26. The number of nitrogens with one attached hydrogen (secondary N) is 2. The molecule has 1 aromatic carbocycles. The van der Waals surface area contributed by atoms with Gasteiger partial charge in [0.1, 0.15) is 5.82 Å². The first-order chi connectivity index (χ1) is 9.26. The first kappa shape index (κ1) is 17.1. The molecule has 1 unspecified atom stereocenters. The van der Waals surface area contributed by atoms with Gasteiger partial charge >= 0.3 is 0 Å². The van der Waals surface area contributed by atoms with Crippen LogP contribution in [0.15, 0.2) is 23.1 Å². The van der Waals surface area contributed by atoms with Crippen molar-refractivity contribution in [2.75, 3.05) is 7.05 Å². The lowest BCUT2D eigenvalue weighted by Gasteiger charge is -2.18. The second-order valence-corrected chi connectivity index (χ2v) is 7.12. The Hall–Kier alpha value is -0.980. The Labute approximate surface area is 120 Å². The van der Waals surface area contributed by atoms with Crippen LogP contribution in [0, 0.1) is 11.7 Å². The lowest BCUT2D eigenvalue weighted by molar-refractivity contribution is 0.482. The van der Waals surface area contributed by atoms with Gasteiger partial charge in [0.15, 0.2) is 0 Å². The van der Waals surface area contributed by atoms with E-state index < -0.39 is 15.8 Å². The summed E-state index contributed by atoms with van der Waals surface area (Å²) in [7, 11) is -1.99. The van der Waals surface area contributed by atoms with Gasteiger partial charge in [-0.15, -0.1) is 0 Å². The van der Waals surface area contributed by atoms with Gasteiger partial charge in [-0.05, 0) is 44.0 Å². The molecule has 0 aromatic heterocycles. The Morgan fingerprint density at radius 3 is 2.45 bits per heavy atom. The van der Waals surface area contributed by atoms with Crippen LogP contribution in [0.4, 0.5) is 4.39 Å². The molecule has 0 aliphatic heterocycles. The number of halogens is 1. The Bertz CT molecular complexity index is 544. The zero-order chi connectivity index (χ0) is 15.3. The number of rotatable bonds is 7. The monoisotopic (exact) mass is 302 g/mol. The molecule has 6 heteroatoms. The second kappa shape index (κ2) is 7.15. The highest BCUT2D eigenvalue weighted by Gasteiger charge is 2.21. The standard InChI is InChI=1S/C14H23FN2O2S/c1-10(2)7-11(3)17-20(18,19)14-8-13(15)6-5-12(14)9-16-4/h5-6,8,10-11,16-17H,7,9H2,1-4H3. The SMILES string of the molecule is CNCc1ccc(F)cc1S(=O)(=O)NC(C)CC(C)C. The molecule has 0 fully saturated rings. The van der Waals surface area contributed by atoms with E-state index in [1.54, 1.807) is 7.05 Å². The molecular weight excluding hydrogens is 279 g/mol. The van der Waals surface area contributed by atoms with E-state index in [1.807, 2.05) is 20.8 Å². The van der Waals surface area contributed by atoms with Crippen LogP contribution in [-0.2, 0) is 16.6 Å². The van der Waals surface area contributed by atoms with Gasteiger partial charge in [-0.3, -0.25) is 0 Å².